The van der Waals surface area contributed by atoms with Crippen LogP contribution in [0.4, 0.5) is 4.39 Å². The first-order valence-corrected chi connectivity index (χ1v) is 10.3. The molecule has 1 saturated heterocycles. The smallest absolute Gasteiger partial charge is 0.244 e. The van der Waals surface area contributed by atoms with Gasteiger partial charge in [0.25, 0.3) is 0 Å². The van der Waals surface area contributed by atoms with E-state index < -0.39 is 0 Å². The summed E-state index contributed by atoms with van der Waals surface area (Å²) in [5.74, 6) is 0.591. The highest BCUT2D eigenvalue weighted by Crippen LogP contribution is 2.32. The van der Waals surface area contributed by atoms with Crippen LogP contribution in [0.2, 0.25) is 5.02 Å². The number of likely N-dealkylation sites (tertiary alicyclic amines) is 1. The molecule has 1 heterocycles. The molecule has 1 N–H and O–H groups in total. The van der Waals surface area contributed by atoms with Gasteiger partial charge in [0.15, 0.2) is 11.5 Å². The molecule has 0 bridgehead atoms. The molecule has 2 aromatic carbocycles. The lowest BCUT2D eigenvalue weighted by atomic mass is 10.0. The van der Waals surface area contributed by atoms with Crippen molar-refractivity contribution in [2.75, 3.05) is 33.9 Å². The molecule has 3 rings (SSSR count). The van der Waals surface area contributed by atoms with Crippen molar-refractivity contribution in [2.45, 2.75) is 18.9 Å². The molecule has 1 aliphatic heterocycles. The minimum Gasteiger partial charge on any atom is -0.493 e. The number of methoxy groups -OCH3 is 2. The molecule has 0 saturated carbocycles. The molecule has 0 radical (unpaired) electrons. The molecular weight excluding hydrogens is 407 g/mol. The Morgan fingerprint density at radius 1 is 1.20 bits per heavy atom. The van der Waals surface area contributed by atoms with E-state index in [1.165, 1.54) is 12.1 Å². The van der Waals surface area contributed by atoms with Crippen LogP contribution >= 0.6 is 11.6 Å². The summed E-state index contributed by atoms with van der Waals surface area (Å²) < 4.78 is 25.0. The summed E-state index contributed by atoms with van der Waals surface area (Å²) >= 11 is 6.30. The van der Waals surface area contributed by atoms with Crippen LogP contribution in [0.3, 0.4) is 0 Å². The zero-order chi connectivity index (χ0) is 21.5. The van der Waals surface area contributed by atoms with Gasteiger partial charge in [-0.3, -0.25) is 9.69 Å². The molecule has 2 aromatic rings. The lowest BCUT2D eigenvalue weighted by Gasteiger charge is -2.29. The van der Waals surface area contributed by atoms with Gasteiger partial charge in [0.05, 0.1) is 20.3 Å². The van der Waals surface area contributed by atoms with Gasteiger partial charge in [-0.1, -0.05) is 23.7 Å². The van der Waals surface area contributed by atoms with Crippen LogP contribution in [-0.4, -0.2) is 44.7 Å². The number of benzene rings is 2. The number of nitrogens with zero attached hydrogens (tertiary/aromatic N) is 1. The molecule has 1 atom stereocenters. The summed E-state index contributed by atoms with van der Waals surface area (Å²) in [5.41, 5.74) is 1.24. The van der Waals surface area contributed by atoms with Crippen molar-refractivity contribution in [3.63, 3.8) is 0 Å². The maximum Gasteiger partial charge on any atom is 0.244 e. The molecule has 1 unspecified atom stereocenters. The predicted molar refractivity (Wildman–Crippen MR) is 117 cm³/mol. The number of nitrogens with one attached hydrogen (secondary N) is 1. The van der Waals surface area contributed by atoms with E-state index in [9.17, 15) is 9.18 Å². The molecular formula is C23H26ClFN2O3. The van der Waals surface area contributed by atoms with Crippen molar-refractivity contribution in [2.24, 2.45) is 0 Å². The Labute approximate surface area is 181 Å². The average Bonchev–Trinajstić information content (AvgIpc) is 3.28. The third-order valence-corrected chi connectivity index (χ3v) is 5.55. The van der Waals surface area contributed by atoms with Gasteiger partial charge in [-0.05, 0) is 61.8 Å². The Morgan fingerprint density at radius 2 is 1.93 bits per heavy atom. The van der Waals surface area contributed by atoms with Crippen molar-refractivity contribution in [1.82, 2.24) is 10.2 Å². The van der Waals surface area contributed by atoms with Crippen molar-refractivity contribution < 1.29 is 18.7 Å². The van der Waals surface area contributed by atoms with E-state index in [0.29, 0.717) is 22.1 Å². The Bertz CT molecular complexity index is 893. The SMILES string of the molecule is COc1ccc(/C=C/C(=O)NCC(c2c(F)cccc2Cl)N2CCCC2)cc1OC. The second-order valence-corrected chi connectivity index (χ2v) is 7.49. The van der Waals surface area contributed by atoms with Gasteiger partial charge in [-0.2, -0.15) is 0 Å². The largest absolute Gasteiger partial charge is 0.493 e. The van der Waals surface area contributed by atoms with Crippen LogP contribution in [0.5, 0.6) is 11.5 Å². The molecule has 160 valence electrons. The van der Waals surface area contributed by atoms with E-state index in [1.54, 1.807) is 44.6 Å². The van der Waals surface area contributed by atoms with Crippen molar-refractivity contribution in [3.05, 3.63) is 64.4 Å². The van der Waals surface area contributed by atoms with E-state index in [-0.39, 0.29) is 24.3 Å². The quantitative estimate of drug-likeness (QED) is 0.625. The maximum absolute atomic E-state index is 14.5. The molecule has 0 spiro atoms. The van der Waals surface area contributed by atoms with Crippen LogP contribution in [0.25, 0.3) is 6.08 Å². The van der Waals surface area contributed by atoms with Crippen molar-refractivity contribution >= 4 is 23.6 Å². The summed E-state index contributed by atoms with van der Waals surface area (Å²) in [6, 6.07) is 9.77. The molecule has 1 amide bonds. The number of ether oxygens (including phenoxy) is 2. The van der Waals surface area contributed by atoms with E-state index in [4.69, 9.17) is 21.1 Å². The molecule has 5 nitrogen and oxygen atoms in total. The number of carbonyl (C=O) groups excluding carboxylic acids is 1. The average molecular weight is 433 g/mol. The molecule has 0 aromatic heterocycles. The number of hydrogen-bond donors (Lipinski definition) is 1. The first-order chi connectivity index (χ1) is 14.5. The second-order valence-electron chi connectivity index (χ2n) is 7.09. The van der Waals surface area contributed by atoms with Gasteiger partial charge >= 0.3 is 0 Å². The van der Waals surface area contributed by atoms with Gasteiger partial charge < -0.3 is 14.8 Å². The standard InChI is InChI=1S/C23H26ClFN2O3/c1-29-20-10-8-16(14-21(20)30-2)9-11-22(28)26-15-19(27-12-3-4-13-27)23-17(24)6-5-7-18(23)25/h5-11,14,19H,3-4,12-13,15H2,1-2H3,(H,26,28)/b11-9+. The van der Waals surface area contributed by atoms with Gasteiger partial charge in [-0.25, -0.2) is 4.39 Å². The van der Waals surface area contributed by atoms with Gasteiger partial charge in [0.1, 0.15) is 5.82 Å². The molecule has 1 aliphatic rings. The van der Waals surface area contributed by atoms with E-state index in [2.05, 4.69) is 10.2 Å². The molecule has 30 heavy (non-hydrogen) atoms. The van der Waals surface area contributed by atoms with Crippen molar-refractivity contribution in [3.8, 4) is 11.5 Å². The molecule has 0 aliphatic carbocycles. The lowest BCUT2D eigenvalue weighted by Crippen LogP contribution is -2.36. The normalized spacial score (nSPS) is 15.3. The monoisotopic (exact) mass is 432 g/mol. The predicted octanol–water partition coefficient (Wildman–Crippen LogP) is 4.46. The number of halogens is 2. The van der Waals surface area contributed by atoms with Crippen LogP contribution in [0.1, 0.15) is 30.0 Å². The summed E-state index contributed by atoms with van der Waals surface area (Å²) in [6.45, 7) is 1.98. The zero-order valence-corrected chi connectivity index (χ0v) is 17.9. The minimum atomic E-state index is -0.352. The highest BCUT2D eigenvalue weighted by Gasteiger charge is 2.27. The fraction of sp³-hybridized carbons (Fsp3) is 0.348. The van der Waals surface area contributed by atoms with Gasteiger partial charge in [-0.15, -0.1) is 0 Å². The number of rotatable bonds is 8. The van der Waals surface area contributed by atoms with Crippen LogP contribution in [-0.2, 0) is 4.79 Å². The summed E-state index contributed by atoms with van der Waals surface area (Å²) in [5, 5.41) is 3.26. The minimum absolute atomic E-state index is 0.263. The second kappa shape index (κ2) is 10.5. The lowest BCUT2D eigenvalue weighted by molar-refractivity contribution is -0.116. The van der Waals surface area contributed by atoms with E-state index in [1.807, 2.05) is 6.07 Å². The third kappa shape index (κ3) is 5.32. The Balaban J connectivity index is 1.69. The first kappa shape index (κ1) is 22.1. The summed E-state index contributed by atoms with van der Waals surface area (Å²) in [7, 11) is 3.13. The topological polar surface area (TPSA) is 50.8 Å². The number of amides is 1. The Hall–Kier alpha value is -2.57. The highest BCUT2D eigenvalue weighted by atomic mass is 35.5. The van der Waals surface area contributed by atoms with Crippen LogP contribution < -0.4 is 14.8 Å². The van der Waals surface area contributed by atoms with E-state index in [0.717, 1.165) is 31.5 Å². The van der Waals surface area contributed by atoms with Gasteiger partial charge in [0, 0.05) is 23.2 Å². The fourth-order valence-electron chi connectivity index (χ4n) is 3.68. The van der Waals surface area contributed by atoms with Crippen molar-refractivity contribution in [1.29, 1.82) is 0 Å². The first-order valence-electron chi connectivity index (χ1n) is 9.89. The van der Waals surface area contributed by atoms with Crippen LogP contribution in [0, 0.1) is 5.82 Å². The third-order valence-electron chi connectivity index (χ3n) is 5.22. The maximum atomic E-state index is 14.5. The summed E-state index contributed by atoms with van der Waals surface area (Å²) in [6.07, 6.45) is 5.24. The molecule has 1 fully saturated rings. The Kier molecular flexibility index (Phi) is 7.71. The molecule has 7 heteroatoms. The van der Waals surface area contributed by atoms with E-state index >= 15 is 0 Å². The fourth-order valence-corrected chi connectivity index (χ4v) is 3.97. The Morgan fingerprint density at radius 3 is 2.60 bits per heavy atom. The number of hydrogen-bond acceptors (Lipinski definition) is 4. The zero-order valence-electron chi connectivity index (χ0n) is 17.2. The van der Waals surface area contributed by atoms with Gasteiger partial charge in [0.2, 0.25) is 5.91 Å². The van der Waals surface area contributed by atoms with Crippen LogP contribution in [0.15, 0.2) is 42.5 Å². The summed E-state index contributed by atoms with van der Waals surface area (Å²) in [4.78, 5) is 14.6. The number of carbonyl (C=O) groups is 1. The highest BCUT2D eigenvalue weighted by molar-refractivity contribution is 6.31.